The standard InChI is InChI=1S/C19H24FN3O/c1-12(2)9-16-19(23-18(24)10-13(3)4)21-11-17(22-16)14-5-7-15(20)8-6-14/h5-8,11-13H,9-10H2,1-4H3,(H,21,23,24). The number of hydrogen-bond acceptors (Lipinski definition) is 3. The van der Waals surface area contributed by atoms with Gasteiger partial charge in [0.25, 0.3) is 0 Å². The van der Waals surface area contributed by atoms with Crippen molar-refractivity contribution in [2.45, 2.75) is 40.5 Å². The van der Waals surface area contributed by atoms with Crippen molar-refractivity contribution in [3.63, 3.8) is 0 Å². The first-order valence-corrected chi connectivity index (χ1v) is 8.27. The summed E-state index contributed by atoms with van der Waals surface area (Å²) in [6.45, 7) is 8.17. The lowest BCUT2D eigenvalue weighted by Crippen LogP contribution is -2.17. The highest BCUT2D eigenvalue weighted by Crippen LogP contribution is 2.22. The second-order valence-corrected chi connectivity index (χ2v) is 6.80. The maximum Gasteiger partial charge on any atom is 0.225 e. The maximum absolute atomic E-state index is 13.1. The summed E-state index contributed by atoms with van der Waals surface area (Å²) < 4.78 is 13.1. The van der Waals surface area contributed by atoms with Gasteiger partial charge in [-0.2, -0.15) is 0 Å². The van der Waals surface area contributed by atoms with Crippen LogP contribution < -0.4 is 5.32 Å². The number of rotatable bonds is 6. The summed E-state index contributed by atoms with van der Waals surface area (Å²) in [6.07, 6.45) is 2.77. The fraction of sp³-hybridized carbons (Fsp3) is 0.421. The van der Waals surface area contributed by atoms with E-state index in [1.165, 1.54) is 12.1 Å². The molecule has 1 heterocycles. The highest BCUT2D eigenvalue weighted by atomic mass is 19.1. The topological polar surface area (TPSA) is 54.9 Å². The van der Waals surface area contributed by atoms with Crippen molar-refractivity contribution in [3.8, 4) is 11.3 Å². The molecule has 1 aromatic carbocycles. The Balaban J connectivity index is 2.31. The monoisotopic (exact) mass is 329 g/mol. The van der Waals surface area contributed by atoms with E-state index in [1.807, 2.05) is 13.8 Å². The van der Waals surface area contributed by atoms with E-state index < -0.39 is 0 Å². The van der Waals surface area contributed by atoms with Gasteiger partial charge >= 0.3 is 0 Å². The van der Waals surface area contributed by atoms with Gasteiger partial charge in [-0.05, 0) is 42.5 Å². The third-order valence-corrected chi connectivity index (χ3v) is 3.44. The van der Waals surface area contributed by atoms with Crippen LogP contribution in [-0.2, 0) is 11.2 Å². The Hall–Kier alpha value is -2.30. The van der Waals surface area contributed by atoms with Gasteiger partial charge in [0, 0.05) is 12.0 Å². The summed E-state index contributed by atoms with van der Waals surface area (Å²) in [5.41, 5.74) is 2.23. The smallest absolute Gasteiger partial charge is 0.225 e. The fourth-order valence-corrected chi connectivity index (χ4v) is 2.37. The van der Waals surface area contributed by atoms with Crippen LogP contribution in [0.5, 0.6) is 0 Å². The molecule has 2 aromatic rings. The molecule has 0 aliphatic carbocycles. The van der Waals surface area contributed by atoms with Gasteiger partial charge in [0.1, 0.15) is 5.82 Å². The highest BCUT2D eigenvalue weighted by molar-refractivity contribution is 5.90. The van der Waals surface area contributed by atoms with Crippen molar-refractivity contribution in [3.05, 3.63) is 42.0 Å². The van der Waals surface area contributed by atoms with Gasteiger partial charge in [-0.25, -0.2) is 14.4 Å². The molecule has 0 saturated carbocycles. The Morgan fingerprint density at radius 2 is 1.79 bits per heavy atom. The summed E-state index contributed by atoms with van der Waals surface area (Å²) in [5, 5.41) is 2.86. The summed E-state index contributed by atoms with van der Waals surface area (Å²) in [6, 6.07) is 6.15. The molecule has 24 heavy (non-hydrogen) atoms. The summed E-state index contributed by atoms with van der Waals surface area (Å²) in [7, 11) is 0. The zero-order chi connectivity index (χ0) is 17.7. The van der Waals surface area contributed by atoms with Gasteiger partial charge in [0.05, 0.1) is 17.6 Å². The molecule has 0 aliphatic heterocycles. The molecule has 1 N–H and O–H groups in total. The fourth-order valence-electron chi connectivity index (χ4n) is 2.37. The van der Waals surface area contributed by atoms with Crippen LogP contribution in [0.15, 0.2) is 30.5 Å². The highest BCUT2D eigenvalue weighted by Gasteiger charge is 2.14. The molecular formula is C19H24FN3O. The summed E-state index contributed by atoms with van der Waals surface area (Å²) >= 11 is 0. The number of aromatic nitrogens is 2. The van der Waals surface area contributed by atoms with Crippen LogP contribution >= 0.6 is 0 Å². The Bertz CT molecular complexity index is 696. The molecule has 0 spiro atoms. The molecule has 1 aromatic heterocycles. The van der Waals surface area contributed by atoms with Gasteiger partial charge in [0.15, 0.2) is 5.82 Å². The van der Waals surface area contributed by atoms with Gasteiger partial charge in [-0.1, -0.05) is 27.7 Å². The summed E-state index contributed by atoms with van der Waals surface area (Å²) in [4.78, 5) is 21.1. The molecule has 0 radical (unpaired) electrons. The molecule has 4 nitrogen and oxygen atoms in total. The zero-order valence-corrected chi connectivity index (χ0v) is 14.6. The quantitative estimate of drug-likeness (QED) is 0.851. The third kappa shape index (κ3) is 5.11. The molecule has 0 fully saturated rings. The van der Waals surface area contributed by atoms with Crippen LogP contribution in [0.4, 0.5) is 10.2 Å². The number of benzene rings is 1. The van der Waals surface area contributed by atoms with Crippen molar-refractivity contribution in [1.82, 2.24) is 9.97 Å². The van der Waals surface area contributed by atoms with E-state index in [4.69, 9.17) is 0 Å². The van der Waals surface area contributed by atoms with Crippen molar-refractivity contribution in [2.75, 3.05) is 5.32 Å². The number of carbonyl (C=O) groups is 1. The third-order valence-electron chi connectivity index (χ3n) is 3.44. The zero-order valence-electron chi connectivity index (χ0n) is 14.6. The minimum atomic E-state index is -0.285. The average Bonchev–Trinajstić information content (AvgIpc) is 2.48. The molecular weight excluding hydrogens is 305 g/mol. The van der Waals surface area contributed by atoms with Gasteiger partial charge in [0.2, 0.25) is 5.91 Å². The Kier molecular flexibility index (Phi) is 6.01. The molecule has 0 unspecified atom stereocenters. The van der Waals surface area contributed by atoms with Gasteiger partial charge < -0.3 is 5.32 Å². The number of amides is 1. The Labute approximate surface area is 142 Å². The van der Waals surface area contributed by atoms with Crippen LogP contribution in [-0.4, -0.2) is 15.9 Å². The SMILES string of the molecule is CC(C)CC(=O)Nc1ncc(-c2ccc(F)cc2)nc1CC(C)C. The van der Waals surface area contributed by atoms with Crippen LogP contribution in [0.1, 0.15) is 39.8 Å². The molecule has 5 heteroatoms. The maximum atomic E-state index is 13.1. The predicted molar refractivity (Wildman–Crippen MR) is 94.1 cm³/mol. The van der Waals surface area contributed by atoms with Gasteiger partial charge in [-0.3, -0.25) is 4.79 Å². The van der Waals surface area contributed by atoms with Crippen LogP contribution in [0.2, 0.25) is 0 Å². The lowest BCUT2D eigenvalue weighted by atomic mass is 10.1. The van der Waals surface area contributed by atoms with Crippen molar-refractivity contribution < 1.29 is 9.18 Å². The van der Waals surface area contributed by atoms with Crippen molar-refractivity contribution >= 4 is 11.7 Å². The number of hydrogen-bond donors (Lipinski definition) is 1. The van der Waals surface area contributed by atoms with E-state index in [2.05, 4.69) is 29.1 Å². The van der Waals surface area contributed by atoms with E-state index in [0.29, 0.717) is 30.3 Å². The number of nitrogens with zero attached hydrogens (tertiary/aromatic N) is 2. The minimum absolute atomic E-state index is 0.0566. The molecule has 1 amide bonds. The summed E-state index contributed by atoms with van der Waals surface area (Å²) in [5.74, 6) is 0.833. The van der Waals surface area contributed by atoms with Crippen LogP contribution in [0.25, 0.3) is 11.3 Å². The number of halogens is 1. The Morgan fingerprint density at radius 1 is 1.12 bits per heavy atom. The Morgan fingerprint density at radius 3 is 2.38 bits per heavy atom. The molecule has 0 atom stereocenters. The first-order chi connectivity index (χ1) is 11.3. The van der Waals surface area contributed by atoms with E-state index >= 15 is 0 Å². The van der Waals surface area contributed by atoms with Crippen LogP contribution in [0.3, 0.4) is 0 Å². The lowest BCUT2D eigenvalue weighted by Gasteiger charge is -2.13. The molecule has 0 bridgehead atoms. The van der Waals surface area contributed by atoms with Crippen molar-refractivity contribution in [1.29, 1.82) is 0 Å². The molecule has 128 valence electrons. The molecule has 0 saturated heterocycles. The molecule has 0 aliphatic rings. The largest absolute Gasteiger partial charge is 0.309 e. The van der Waals surface area contributed by atoms with Gasteiger partial charge in [-0.15, -0.1) is 0 Å². The number of carbonyl (C=O) groups excluding carboxylic acids is 1. The average molecular weight is 329 g/mol. The lowest BCUT2D eigenvalue weighted by molar-refractivity contribution is -0.116. The number of nitrogens with one attached hydrogen (secondary N) is 1. The van der Waals surface area contributed by atoms with E-state index in [9.17, 15) is 9.18 Å². The minimum Gasteiger partial charge on any atom is -0.309 e. The predicted octanol–water partition coefficient (Wildman–Crippen LogP) is 4.47. The van der Waals surface area contributed by atoms with Crippen molar-refractivity contribution in [2.24, 2.45) is 11.8 Å². The van der Waals surface area contributed by atoms with E-state index in [1.54, 1.807) is 18.3 Å². The van der Waals surface area contributed by atoms with Crippen LogP contribution in [0, 0.1) is 17.7 Å². The number of anilines is 1. The normalized spacial score (nSPS) is 11.1. The second-order valence-electron chi connectivity index (χ2n) is 6.80. The first-order valence-electron chi connectivity index (χ1n) is 8.27. The second kappa shape index (κ2) is 7.99. The first kappa shape index (κ1) is 18.0. The van der Waals surface area contributed by atoms with E-state index in [-0.39, 0.29) is 17.6 Å². The van der Waals surface area contributed by atoms with E-state index in [0.717, 1.165) is 11.3 Å². The molecule has 2 rings (SSSR count).